The SMILES string of the molecule is COc1ccc(-n2nnc(C(=O)Nc3ccc(OC4CCCC4)cc3)c2C)cc1. The molecule has 0 atom stereocenters. The number of anilines is 1. The Hall–Kier alpha value is -3.35. The number of aromatic nitrogens is 3. The molecule has 0 aliphatic heterocycles. The Labute approximate surface area is 169 Å². The third kappa shape index (κ3) is 4.23. The van der Waals surface area contributed by atoms with Crippen molar-refractivity contribution in [2.45, 2.75) is 38.7 Å². The maximum Gasteiger partial charge on any atom is 0.278 e. The van der Waals surface area contributed by atoms with Crippen molar-refractivity contribution in [1.29, 1.82) is 0 Å². The van der Waals surface area contributed by atoms with Crippen LogP contribution >= 0.6 is 0 Å². The summed E-state index contributed by atoms with van der Waals surface area (Å²) >= 11 is 0. The van der Waals surface area contributed by atoms with Gasteiger partial charge in [-0.2, -0.15) is 0 Å². The van der Waals surface area contributed by atoms with E-state index in [1.807, 2.05) is 55.5 Å². The summed E-state index contributed by atoms with van der Waals surface area (Å²) in [6.45, 7) is 1.82. The number of nitrogens with zero attached hydrogens (tertiary/aromatic N) is 3. The molecule has 29 heavy (non-hydrogen) atoms. The van der Waals surface area contributed by atoms with Crippen molar-refractivity contribution in [3.05, 3.63) is 59.9 Å². The molecule has 0 radical (unpaired) electrons. The first-order valence-electron chi connectivity index (χ1n) is 9.79. The average molecular weight is 392 g/mol. The number of hydrogen-bond acceptors (Lipinski definition) is 5. The zero-order valence-electron chi connectivity index (χ0n) is 16.6. The first-order chi connectivity index (χ1) is 14.1. The first-order valence-corrected chi connectivity index (χ1v) is 9.79. The molecule has 1 saturated carbocycles. The molecule has 0 spiro atoms. The third-order valence-electron chi connectivity index (χ3n) is 5.14. The van der Waals surface area contributed by atoms with Gasteiger partial charge in [0.15, 0.2) is 5.69 Å². The van der Waals surface area contributed by atoms with Crippen LogP contribution in [0.25, 0.3) is 5.69 Å². The van der Waals surface area contributed by atoms with Gasteiger partial charge >= 0.3 is 0 Å². The van der Waals surface area contributed by atoms with Gasteiger partial charge in [-0.3, -0.25) is 4.79 Å². The molecule has 0 saturated heterocycles. The van der Waals surface area contributed by atoms with Crippen molar-refractivity contribution >= 4 is 11.6 Å². The van der Waals surface area contributed by atoms with Gasteiger partial charge in [0.2, 0.25) is 0 Å². The Morgan fingerprint density at radius 3 is 2.34 bits per heavy atom. The molecule has 1 amide bonds. The Kier molecular flexibility index (Phi) is 5.46. The molecule has 2 aromatic carbocycles. The molecule has 1 aromatic heterocycles. The lowest BCUT2D eigenvalue weighted by molar-refractivity contribution is 0.102. The number of methoxy groups -OCH3 is 1. The minimum atomic E-state index is -0.299. The lowest BCUT2D eigenvalue weighted by atomic mass is 10.2. The van der Waals surface area contributed by atoms with Crippen molar-refractivity contribution in [3.63, 3.8) is 0 Å². The monoisotopic (exact) mass is 392 g/mol. The smallest absolute Gasteiger partial charge is 0.278 e. The van der Waals surface area contributed by atoms with Gasteiger partial charge in [0, 0.05) is 5.69 Å². The van der Waals surface area contributed by atoms with Crippen molar-refractivity contribution in [2.24, 2.45) is 0 Å². The van der Waals surface area contributed by atoms with E-state index in [0.29, 0.717) is 17.5 Å². The highest BCUT2D eigenvalue weighted by Crippen LogP contribution is 2.25. The van der Waals surface area contributed by atoms with Gasteiger partial charge in [0.25, 0.3) is 5.91 Å². The molecule has 4 rings (SSSR count). The standard InChI is InChI=1S/C22H24N4O3/c1-15-21(24-25-26(15)17-9-13-18(28-2)14-10-17)22(27)23-16-7-11-20(12-8-16)29-19-5-3-4-6-19/h7-14,19H,3-6H2,1-2H3,(H,23,27). The van der Waals surface area contributed by atoms with E-state index in [1.54, 1.807) is 11.8 Å². The second kappa shape index (κ2) is 8.34. The molecule has 1 heterocycles. The molecule has 0 bridgehead atoms. The number of hydrogen-bond donors (Lipinski definition) is 1. The molecule has 3 aromatic rings. The van der Waals surface area contributed by atoms with Gasteiger partial charge in [-0.15, -0.1) is 5.10 Å². The lowest BCUT2D eigenvalue weighted by Gasteiger charge is -2.13. The van der Waals surface area contributed by atoms with E-state index in [0.717, 1.165) is 30.0 Å². The van der Waals surface area contributed by atoms with Crippen LogP contribution in [0.15, 0.2) is 48.5 Å². The van der Waals surface area contributed by atoms with Crippen LogP contribution in [0.5, 0.6) is 11.5 Å². The fraction of sp³-hybridized carbons (Fsp3) is 0.318. The zero-order valence-corrected chi connectivity index (χ0v) is 16.6. The molecule has 1 aliphatic rings. The summed E-state index contributed by atoms with van der Waals surface area (Å²) in [6.07, 6.45) is 5.00. The Balaban J connectivity index is 1.43. The zero-order chi connectivity index (χ0) is 20.2. The fourth-order valence-corrected chi connectivity index (χ4v) is 3.51. The Morgan fingerprint density at radius 1 is 1.03 bits per heavy atom. The van der Waals surface area contributed by atoms with Gasteiger partial charge in [0.05, 0.1) is 24.6 Å². The van der Waals surface area contributed by atoms with Crippen LogP contribution in [0.4, 0.5) is 5.69 Å². The number of carbonyl (C=O) groups is 1. The molecule has 0 unspecified atom stereocenters. The quantitative estimate of drug-likeness (QED) is 0.682. The summed E-state index contributed by atoms with van der Waals surface area (Å²) < 4.78 is 12.8. The highest BCUT2D eigenvalue weighted by atomic mass is 16.5. The number of rotatable bonds is 6. The number of ether oxygens (including phenoxy) is 2. The minimum Gasteiger partial charge on any atom is -0.497 e. The van der Waals surface area contributed by atoms with Gasteiger partial charge in [-0.05, 0) is 81.1 Å². The maximum absolute atomic E-state index is 12.7. The second-order valence-electron chi connectivity index (χ2n) is 7.14. The van der Waals surface area contributed by atoms with Crippen LogP contribution in [0.2, 0.25) is 0 Å². The summed E-state index contributed by atoms with van der Waals surface area (Å²) in [7, 11) is 1.62. The predicted octanol–water partition coefficient (Wildman–Crippen LogP) is 4.16. The summed E-state index contributed by atoms with van der Waals surface area (Å²) in [6, 6.07) is 14.9. The maximum atomic E-state index is 12.7. The van der Waals surface area contributed by atoms with Crippen LogP contribution in [0.3, 0.4) is 0 Å². The first kappa shape index (κ1) is 19.0. The topological polar surface area (TPSA) is 78.3 Å². The molecule has 1 N–H and O–H groups in total. The molecular weight excluding hydrogens is 368 g/mol. The van der Waals surface area contributed by atoms with E-state index in [4.69, 9.17) is 9.47 Å². The van der Waals surface area contributed by atoms with Crippen LogP contribution < -0.4 is 14.8 Å². The molecule has 7 nitrogen and oxygen atoms in total. The molecular formula is C22H24N4O3. The van der Waals surface area contributed by atoms with E-state index < -0.39 is 0 Å². The Morgan fingerprint density at radius 2 is 1.69 bits per heavy atom. The van der Waals surface area contributed by atoms with E-state index in [2.05, 4.69) is 15.6 Å². The van der Waals surface area contributed by atoms with Gasteiger partial charge in [-0.25, -0.2) is 4.68 Å². The van der Waals surface area contributed by atoms with Crippen molar-refractivity contribution in [3.8, 4) is 17.2 Å². The summed E-state index contributed by atoms with van der Waals surface area (Å²) in [5, 5.41) is 11.1. The largest absolute Gasteiger partial charge is 0.497 e. The molecule has 150 valence electrons. The van der Waals surface area contributed by atoms with Crippen LogP contribution in [0.1, 0.15) is 41.9 Å². The number of carbonyl (C=O) groups excluding carboxylic acids is 1. The highest BCUT2D eigenvalue weighted by Gasteiger charge is 2.18. The lowest BCUT2D eigenvalue weighted by Crippen LogP contribution is -2.14. The number of amides is 1. The molecule has 1 aliphatic carbocycles. The fourth-order valence-electron chi connectivity index (χ4n) is 3.51. The summed E-state index contributed by atoms with van der Waals surface area (Å²) in [5.74, 6) is 1.29. The summed E-state index contributed by atoms with van der Waals surface area (Å²) in [4.78, 5) is 12.7. The van der Waals surface area contributed by atoms with E-state index in [-0.39, 0.29) is 11.6 Å². The normalized spacial score (nSPS) is 14.0. The van der Waals surface area contributed by atoms with E-state index >= 15 is 0 Å². The van der Waals surface area contributed by atoms with Crippen LogP contribution in [-0.4, -0.2) is 34.1 Å². The van der Waals surface area contributed by atoms with Crippen molar-refractivity contribution < 1.29 is 14.3 Å². The van der Waals surface area contributed by atoms with Crippen LogP contribution in [0, 0.1) is 6.92 Å². The number of benzene rings is 2. The highest BCUT2D eigenvalue weighted by molar-refractivity contribution is 6.03. The molecule has 7 heteroatoms. The average Bonchev–Trinajstić information content (AvgIpc) is 3.39. The second-order valence-corrected chi connectivity index (χ2v) is 7.14. The van der Waals surface area contributed by atoms with Crippen LogP contribution in [-0.2, 0) is 0 Å². The predicted molar refractivity (Wildman–Crippen MR) is 110 cm³/mol. The van der Waals surface area contributed by atoms with Crippen molar-refractivity contribution in [2.75, 3.05) is 12.4 Å². The van der Waals surface area contributed by atoms with Gasteiger partial charge in [0.1, 0.15) is 11.5 Å². The number of nitrogens with one attached hydrogen (secondary N) is 1. The van der Waals surface area contributed by atoms with Gasteiger partial charge < -0.3 is 14.8 Å². The minimum absolute atomic E-state index is 0.284. The van der Waals surface area contributed by atoms with Crippen molar-refractivity contribution in [1.82, 2.24) is 15.0 Å². The van der Waals surface area contributed by atoms with Gasteiger partial charge in [-0.1, -0.05) is 5.21 Å². The summed E-state index contributed by atoms with van der Waals surface area (Å²) in [5.41, 5.74) is 2.44. The third-order valence-corrected chi connectivity index (χ3v) is 5.14. The molecule has 1 fully saturated rings. The Bertz CT molecular complexity index is 974. The van der Waals surface area contributed by atoms with E-state index in [9.17, 15) is 4.79 Å². The van der Waals surface area contributed by atoms with E-state index in [1.165, 1.54) is 12.8 Å².